The summed E-state index contributed by atoms with van der Waals surface area (Å²) in [4.78, 5) is 22.5. The van der Waals surface area contributed by atoms with Gasteiger partial charge < -0.3 is 10.1 Å². The van der Waals surface area contributed by atoms with Crippen LogP contribution in [0.2, 0.25) is 0 Å². The van der Waals surface area contributed by atoms with Gasteiger partial charge in [-0.05, 0) is 18.6 Å². The molecule has 1 atom stereocenters. The summed E-state index contributed by atoms with van der Waals surface area (Å²) in [6, 6.07) is 8.56. The molecule has 0 fully saturated rings. The molecule has 0 radical (unpaired) electrons. The molecule has 16 heavy (non-hydrogen) atoms. The fourth-order valence-corrected chi connectivity index (χ4v) is 1.44. The second-order valence-electron chi connectivity index (χ2n) is 3.72. The molecule has 1 amide bonds. The normalized spacial score (nSPS) is 11.8. The van der Waals surface area contributed by atoms with Gasteiger partial charge in [0.05, 0.1) is 6.04 Å². The van der Waals surface area contributed by atoms with Gasteiger partial charge in [-0.3, -0.25) is 4.79 Å². The molecule has 0 aliphatic heterocycles. The molecule has 0 heterocycles. The highest BCUT2D eigenvalue weighted by atomic mass is 16.2. The first kappa shape index (κ1) is 12.4. The molecule has 0 aromatic heterocycles. The minimum atomic E-state index is -0.368. The van der Waals surface area contributed by atoms with Crippen molar-refractivity contribution in [1.82, 2.24) is 5.32 Å². The van der Waals surface area contributed by atoms with E-state index in [1.165, 1.54) is 0 Å². The van der Waals surface area contributed by atoms with Crippen LogP contribution in [-0.4, -0.2) is 18.2 Å². The summed E-state index contributed by atoms with van der Waals surface area (Å²) < 4.78 is 0. The molecule has 1 aromatic rings. The van der Waals surface area contributed by atoms with Gasteiger partial charge in [-0.15, -0.1) is 0 Å². The lowest BCUT2D eigenvalue weighted by atomic mass is 10.1. The van der Waals surface area contributed by atoms with Crippen LogP contribution in [0.5, 0.6) is 0 Å². The number of rotatable bonds is 6. The highest BCUT2D eigenvalue weighted by Crippen LogP contribution is 2.02. The minimum Gasteiger partial charge on any atom is -0.343 e. The molecule has 3 nitrogen and oxygen atoms in total. The zero-order valence-electron chi connectivity index (χ0n) is 9.48. The number of carbonyl (C=O) groups is 2. The van der Waals surface area contributed by atoms with Gasteiger partial charge in [0, 0.05) is 5.56 Å². The molecular weight excluding hydrogens is 202 g/mol. The quantitative estimate of drug-likeness (QED) is 0.745. The summed E-state index contributed by atoms with van der Waals surface area (Å²) in [5.41, 5.74) is 0.589. The molecule has 1 N–H and O–H groups in total. The van der Waals surface area contributed by atoms with Gasteiger partial charge in [0.25, 0.3) is 5.91 Å². The maximum Gasteiger partial charge on any atom is 0.251 e. The van der Waals surface area contributed by atoms with Crippen molar-refractivity contribution in [2.24, 2.45) is 0 Å². The van der Waals surface area contributed by atoms with Gasteiger partial charge in [-0.2, -0.15) is 0 Å². The summed E-state index contributed by atoms with van der Waals surface area (Å²) >= 11 is 0. The van der Waals surface area contributed by atoms with Crippen molar-refractivity contribution in [3.05, 3.63) is 35.9 Å². The van der Waals surface area contributed by atoms with E-state index in [1.54, 1.807) is 24.3 Å². The summed E-state index contributed by atoms with van der Waals surface area (Å²) in [7, 11) is 0. The van der Waals surface area contributed by atoms with Gasteiger partial charge in [0.1, 0.15) is 6.29 Å². The van der Waals surface area contributed by atoms with Crippen molar-refractivity contribution in [2.75, 3.05) is 0 Å². The first-order valence-corrected chi connectivity index (χ1v) is 5.59. The lowest BCUT2D eigenvalue weighted by Gasteiger charge is -2.11. The van der Waals surface area contributed by atoms with E-state index in [1.807, 2.05) is 6.07 Å². The van der Waals surface area contributed by atoms with E-state index in [2.05, 4.69) is 12.2 Å². The molecule has 1 aromatic carbocycles. The summed E-state index contributed by atoms with van der Waals surface area (Å²) in [5, 5.41) is 2.71. The van der Waals surface area contributed by atoms with Gasteiger partial charge in [-0.25, -0.2) is 0 Å². The van der Waals surface area contributed by atoms with Crippen LogP contribution in [0.25, 0.3) is 0 Å². The largest absolute Gasteiger partial charge is 0.343 e. The van der Waals surface area contributed by atoms with Crippen LogP contribution < -0.4 is 5.32 Å². The SMILES string of the molecule is CCCC[C@@H](C=O)NC(=O)c1ccccc1. The third-order valence-electron chi connectivity index (χ3n) is 2.39. The second kappa shape index (κ2) is 6.77. The summed E-state index contributed by atoms with van der Waals surface area (Å²) in [6.07, 6.45) is 3.47. The second-order valence-corrected chi connectivity index (χ2v) is 3.72. The smallest absolute Gasteiger partial charge is 0.251 e. The van der Waals surface area contributed by atoms with Gasteiger partial charge in [0.15, 0.2) is 0 Å². The number of nitrogens with one attached hydrogen (secondary N) is 1. The average Bonchev–Trinajstić information content (AvgIpc) is 2.35. The first-order chi connectivity index (χ1) is 7.77. The number of aldehydes is 1. The monoisotopic (exact) mass is 219 g/mol. The van der Waals surface area contributed by atoms with E-state index in [-0.39, 0.29) is 11.9 Å². The van der Waals surface area contributed by atoms with E-state index < -0.39 is 0 Å². The van der Waals surface area contributed by atoms with Crippen LogP contribution in [0.3, 0.4) is 0 Å². The fourth-order valence-electron chi connectivity index (χ4n) is 1.44. The Kier molecular flexibility index (Phi) is 5.26. The Morgan fingerprint density at radius 3 is 2.62 bits per heavy atom. The van der Waals surface area contributed by atoms with Crippen molar-refractivity contribution in [2.45, 2.75) is 32.2 Å². The van der Waals surface area contributed by atoms with Crippen LogP contribution in [0.4, 0.5) is 0 Å². The van der Waals surface area contributed by atoms with Gasteiger partial charge >= 0.3 is 0 Å². The van der Waals surface area contributed by atoms with E-state index in [4.69, 9.17) is 0 Å². The Hall–Kier alpha value is -1.64. The van der Waals surface area contributed by atoms with Crippen LogP contribution in [-0.2, 0) is 4.79 Å². The van der Waals surface area contributed by atoms with Crippen molar-refractivity contribution in [3.8, 4) is 0 Å². The van der Waals surface area contributed by atoms with E-state index in [0.29, 0.717) is 12.0 Å². The predicted octanol–water partition coefficient (Wildman–Crippen LogP) is 2.17. The molecule has 86 valence electrons. The Bertz CT molecular complexity index is 335. The molecule has 0 aliphatic carbocycles. The number of carbonyl (C=O) groups excluding carboxylic acids is 2. The van der Waals surface area contributed by atoms with E-state index in [0.717, 1.165) is 19.1 Å². The minimum absolute atomic E-state index is 0.186. The predicted molar refractivity (Wildman–Crippen MR) is 63.3 cm³/mol. The molecule has 0 saturated heterocycles. The zero-order valence-corrected chi connectivity index (χ0v) is 9.48. The van der Waals surface area contributed by atoms with Crippen LogP contribution in [0.1, 0.15) is 36.5 Å². The van der Waals surface area contributed by atoms with Gasteiger partial charge in [0.2, 0.25) is 0 Å². The molecular formula is C13H17NO2. The number of hydrogen-bond acceptors (Lipinski definition) is 2. The Morgan fingerprint density at radius 2 is 2.06 bits per heavy atom. The topological polar surface area (TPSA) is 46.2 Å². The molecule has 0 aliphatic rings. The standard InChI is InChI=1S/C13H17NO2/c1-2-3-9-12(10-15)14-13(16)11-7-5-4-6-8-11/h4-8,10,12H,2-3,9H2,1H3,(H,14,16)/t12-/m0/s1. The highest BCUT2D eigenvalue weighted by molar-refractivity contribution is 5.95. The van der Waals surface area contributed by atoms with Crippen LogP contribution in [0, 0.1) is 0 Å². The Morgan fingerprint density at radius 1 is 1.38 bits per heavy atom. The molecule has 3 heteroatoms. The maximum absolute atomic E-state index is 11.7. The van der Waals surface area contributed by atoms with E-state index >= 15 is 0 Å². The number of unbranched alkanes of at least 4 members (excludes halogenated alkanes) is 1. The first-order valence-electron chi connectivity index (χ1n) is 5.59. The third-order valence-corrected chi connectivity index (χ3v) is 2.39. The summed E-state index contributed by atoms with van der Waals surface area (Å²) in [5.74, 6) is -0.186. The summed E-state index contributed by atoms with van der Waals surface area (Å²) in [6.45, 7) is 2.06. The maximum atomic E-state index is 11.7. The van der Waals surface area contributed by atoms with Crippen molar-refractivity contribution in [1.29, 1.82) is 0 Å². The fraction of sp³-hybridized carbons (Fsp3) is 0.385. The molecule has 0 bridgehead atoms. The number of benzene rings is 1. The van der Waals surface area contributed by atoms with Crippen molar-refractivity contribution in [3.63, 3.8) is 0 Å². The number of hydrogen-bond donors (Lipinski definition) is 1. The van der Waals surface area contributed by atoms with Crippen molar-refractivity contribution < 1.29 is 9.59 Å². The average molecular weight is 219 g/mol. The number of amides is 1. The molecule has 1 rings (SSSR count). The zero-order chi connectivity index (χ0) is 11.8. The van der Waals surface area contributed by atoms with Gasteiger partial charge in [-0.1, -0.05) is 38.0 Å². The van der Waals surface area contributed by atoms with Crippen LogP contribution >= 0.6 is 0 Å². The highest BCUT2D eigenvalue weighted by Gasteiger charge is 2.11. The lowest BCUT2D eigenvalue weighted by molar-refractivity contribution is -0.109. The molecule has 0 saturated carbocycles. The lowest BCUT2D eigenvalue weighted by Crippen LogP contribution is -2.35. The molecule has 0 unspecified atom stereocenters. The molecule has 0 spiro atoms. The third kappa shape index (κ3) is 3.85. The Labute approximate surface area is 95.9 Å². The van der Waals surface area contributed by atoms with E-state index in [9.17, 15) is 9.59 Å². The van der Waals surface area contributed by atoms with Crippen LogP contribution in [0.15, 0.2) is 30.3 Å². The van der Waals surface area contributed by atoms with Crippen molar-refractivity contribution >= 4 is 12.2 Å². The Balaban J connectivity index is 2.52.